The second kappa shape index (κ2) is 5.89. The molecule has 0 aromatic carbocycles. The molecule has 0 heterocycles. The minimum absolute atomic E-state index is 0.141. The molecule has 80 valence electrons. The second-order valence-corrected chi connectivity index (χ2v) is 6.39. The first kappa shape index (κ1) is 13.3. The molecule has 0 aliphatic rings. The minimum atomic E-state index is 0.141. The van der Waals surface area contributed by atoms with E-state index in [1.165, 1.54) is 0 Å². The maximum Gasteiger partial charge on any atom is 0.0638 e. The van der Waals surface area contributed by atoms with Crippen LogP contribution >= 0.6 is 11.8 Å². The van der Waals surface area contributed by atoms with Gasteiger partial charge in [0.1, 0.15) is 0 Å². The highest BCUT2D eigenvalue weighted by molar-refractivity contribution is 8.00. The van der Waals surface area contributed by atoms with Crippen LogP contribution in [0.15, 0.2) is 0 Å². The van der Waals surface area contributed by atoms with Gasteiger partial charge in [-0.25, -0.2) is 0 Å². The normalized spacial score (nSPS) is 17.1. The van der Waals surface area contributed by atoms with Crippen LogP contribution in [0.4, 0.5) is 0 Å². The van der Waals surface area contributed by atoms with Crippen molar-refractivity contribution in [1.29, 1.82) is 0 Å². The lowest BCUT2D eigenvalue weighted by Crippen LogP contribution is -2.26. The molecule has 0 aromatic rings. The molecule has 13 heavy (non-hydrogen) atoms. The first-order valence-corrected chi connectivity index (χ1v) is 5.81. The van der Waals surface area contributed by atoms with Crippen LogP contribution in [-0.4, -0.2) is 29.3 Å². The van der Waals surface area contributed by atoms with Gasteiger partial charge in [0.05, 0.1) is 12.7 Å². The van der Waals surface area contributed by atoms with E-state index in [1.807, 2.05) is 18.7 Å². The Morgan fingerprint density at radius 1 is 1.31 bits per heavy atom. The zero-order valence-corrected chi connectivity index (χ0v) is 10.3. The Bertz CT molecular complexity index is 131. The van der Waals surface area contributed by atoms with Gasteiger partial charge >= 0.3 is 0 Å². The number of rotatable bonds is 5. The third-order valence-electron chi connectivity index (χ3n) is 1.39. The standard InChI is InChI=1S/C10H23NOS/c1-8(11)6-12-9(2)7-13-10(3,4)5/h8-9H,6-7,11H2,1-5H3. The quantitative estimate of drug-likeness (QED) is 0.748. The highest BCUT2D eigenvalue weighted by Crippen LogP contribution is 2.24. The van der Waals surface area contributed by atoms with Gasteiger partial charge in [-0.05, 0) is 13.8 Å². The molecule has 0 rings (SSSR count). The fraction of sp³-hybridized carbons (Fsp3) is 1.00. The average Bonchev–Trinajstić information content (AvgIpc) is 1.95. The molecule has 2 nitrogen and oxygen atoms in total. The molecule has 0 aromatic heterocycles. The lowest BCUT2D eigenvalue weighted by atomic mass is 10.3. The summed E-state index contributed by atoms with van der Waals surface area (Å²) in [5, 5.41) is 0. The molecule has 0 aliphatic heterocycles. The molecule has 0 spiro atoms. The van der Waals surface area contributed by atoms with E-state index in [1.54, 1.807) is 0 Å². The summed E-state index contributed by atoms with van der Waals surface area (Å²) in [7, 11) is 0. The Balaban J connectivity index is 3.46. The van der Waals surface area contributed by atoms with Crippen LogP contribution in [0.25, 0.3) is 0 Å². The van der Waals surface area contributed by atoms with Gasteiger partial charge < -0.3 is 10.5 Å². The fourth-order valence-corrected chi connectivity index (χ4v) is 1.56. The number of nitrogens with two attached hydrogens (primary N) is 1. The van der Waals surface area contributed by atoms with Gasteiger partial charge in [0.15, 0.2) is 0 Å². The van der Waals surface area contributed by atoms with Gasteiger partial charge in [0.2, 0.25) is 0 Å². The smallest absolute Gasteiger partial charge is 0.0638 e. The van der Waals surface area contributed by atoms with Crippen molar-refractivity contribution < 1.29 is 4.74 Å². The lowest BCUT2D eigenvalue weighted by Gasteiger charge is -2.21. The zero-order valence-electron chi connectivity index (χ0n) is 9.46. The maximum atomic E-state index is 5.59. The van der Waals surface area contributed by atoms with Crippen molar-refractivity contribution in [3.8, 4) is 0 Å². The molecule has 0 amide bonds. The molecule has 0 saturated heterocycles. The maximum absolute atomic E-state index is 5.59. The van der Waals surface area contributed by atoms with Crippen molar-refractivity contribution in [2.45, 2.75) is 51.5 Å². The van der Waals surface area contributed by atoms with Gasteiger partial charge in [-0.3, -0.25) is 0 Å². The Kier molecular flexibility index (Phi) is 6.01. The van der Waals surface area contributed by atoms with Crippen LogP contribution in [0, 0.1) is 0 Å². The molecule has 2 atom stereocenters. The predicted octanol–water partition coefficient (Wildman–Crippen LogP) is 2.27. The van der Waals surface area contributed by atoms with E-state index in [-0.39, 0.29) is 6.04 Å². The van der Waals surface area contributed by atoms with E-state index in [4.69, 9.17) is 10.5 Å². The van der Waals surface area contributed by atoms with E-state index in [0.29, 0.717) is 17.5 Å². The van der Waals surface area contributed by atoms with E-state index in [0.717, 1.165) is 5.75 Å². The van der Waals surface area contributed by atoms with Gasteiger partial charge in [0.25, 0.3) is 0 Å². The molecule has 0 aliphatic carbocycles. The summed E-state index contributed by atoms with van der Waals surface area (Å²) in [6.45, 7) is 11.4. The van der Waals surface area contributed by atoms with Crippen LogP contribution in [0.2, 0.25) is 0 Å². The highest BCUT2D eigenvalue weighted by Gasteiger charge is 2.13. The zero-order chi connectivity index (χ0) is 10.5. The minimum Gasteiger partial charge on any atom is -0.376 e. The highest BCUT2D eigenvalue weighted by atomic mass is 32.2. The van der Waals surface area contributed by atoms with Crippen molar-refractivity contribution in [1.82, 2.24) is 0 Å². The summed E-state index contributed by atoms with van der Waals surface area (Å²) in [5.41, 5.74) is 5.59. The van der Waals surface area contributed by atoms with Gasteiger partial charge in [-0.2, -0.15) is 11.8 Å². The van der Waals surface area contributed by atoms with E-state index >= 15 is 0 Å². The first-order chi connectivity index (χ1) is 5.81. The largest absolute Gasteiger partial charge is 0.376 e. The Morgan fingerprint density at radius 3 is 2.23 bits per heavy atom. The molecular formula is C10H23NOS. The van der Waals surface area contributed by atoms with Crippen LogP contribution in [0.3, 0.4) is 0 Å². The Morgan fingerprint density at radius 2 is 1.85 bits per heavy atom. The van der Waals surface area contributed by atoms with Crippen LogP contribution in [-0.2, 0) is 4.74 Å². The Hall–Kier alpha value is 0.270. The van der Waals surface area contributed by atoms with Crippen LogP contribution in [0.5, 0.6) is 0 Å². The molecular weight excluding hydrogens is 182 g/mol. The van der Waals surface area contributed by atoms with Gasteiger partial charge in [-0.15, -0.1) is 0 Å². The summed E-state index contributed by atoms with van der Waals surface area (Å²) in [6, 6.07) is 0.141. The van der Waals surface area contributed by atoms with E-state index in [9.17, 15) is 0 Å². The number of thioether (sulfide) groups is 1. The van der Waals surface area contributed by atoms with Gasteiger partial charge in [0, 0.05) is 16.5 Å². The van der Waals surface area contributed by atoms with E-state index in [2.05, 4.69) is 27.7 Å². The van der Waals surface area contributed by atoms with E-state index < -0.39 is 0 Å². The monoisotopic (exact) mass is 205 g/mol. The molecule has 3 heteroatoms. The summed E-state index contributed by atoms with van der Waals surface area (Å²) in [4.78, 5) is 0. The van der Waals surface area contributed by atoms with Crippen molar-refractivity contribution in [3.63, 3.8) is 0 Å². The molecule has 0 saturated carbocycles. The number of hydrogen-bond donors (Lipinski definition) is 1. The summed E-state index contributed by atoms with van der Waals surface area (Å²) >= 11 is 1.93. The van der Waals surface area contributed by atoms with Crippen molar-refractivity contribution in [3.05, 3.63) is 0 Å². The third kappa shape index (κ3) is 10.2. The molecule has 0 bridgehead atoms. The molecule has 0 radical (unpaired) electrons. The summed E-state index contributed by atoms with van der Waals surface area (Å²) < 4.78 is 5.88. The van der Waals surface area contributed by atoms with Crippen molar-refractivity contribution in [2.75, 3.05) is 12.4 Å². The number of hydrogen-bond acceptors (Lipinski definition) is 3. The second-order valence-electron chi connectivity index (χ2n) is 4.54. The summed E-state index contributed by atoms with van der Waals surface area (Å²) in [5.74, 6) is 1.04. The molecule has 0 fully saturated rings. The van der Waals surface area contributed by atoms with Gasteiger partial charge in [-0.1, -0.05) is 20.8 Å². The summed E-state index contributed by atoms with van der Waals surface area (Å²) in [6.07, 6.45) is 0.301. The Labute approximate surface area is 86.6 Å². The lowest BCUT2D eigenvalue weighted by molar-refractivity contribution is 0.0741. The van der Waals surface area contributed by atoms with Crippen LogP contribution in [0.1, 0.15) is 34.6 Å². The molecule has 2 N–H and O–H groups in total. The first-order valence-electron chi connectivity index (χ1n) is 4.82. The van der Waals surface area contributed by atoms with Crippen molar-refractivity contribution in [2.24, 2.45) is 5.73 Å². The number of ether oxygens (including phenoxy) is 1. The van der Waals surface area contributed by atoms with Crippen molar-refractivity contribution >= 4 is 11.8 Å². The third-order valence-corrected chi connectivity index (χ3v) is 2.90. The SMILES string of the molecule is CC(N)COC(C)CSC(C)(C)C. The van der Waals surface area contributed by atoms with Crippen LogP contribution < -0.4 is 5.73 Å². The molecule has 2 unspecified atom stereocenters. The average molecular weight is 205 g/mol. The fourth-order valence-electron chi connectivity index (χ4n) is 0.732. The predicted molar refractivity (Wildman–Crippen MR) is 61.3 cm³/mol. The topological polar surface area (TPSA) is 35.2 Å².